The van der Waals surface area contributed by atoms with Gasteiger partial charge < -0.3 is 8.92 Å². The number of hydrogen-bond acceptors (Lipinski definition) is 6. The molecule has 112 valence electrons. The number of esters is 1. The van der Waals surface area contributed by atoms with Crippen LogP contribution in [-0.2, 0) is 23.8 Å². The molecular formula is C10H9F3O5S2. The molecule has 0 unspecified atom stereocenters. The highest BCUT2D eigenvalue weighted by Gasteiger charge is 2.49. The number of rotatable bonds is 5. The summed E-state index contributed by atoms with van der Waals surface area (Å²) >= 11 is 0.910. The topological polar surface area (TPSA) is 69.7 Å². The normalized spacial score (nSPS) is 13.1. The molecule has 0 fully saturated rings. The molecule has 1 heterocycles. The van der Waals surface area contributed by atoms with E-state index in [9.17, 15) is 26.4 Å². The van der Waals surface area contributed by atoms with Crippen molar-refractivity contribution in [2.75, 3.05) is 6.61 Å². The first-order chi connectivity index (χ1) is 9.17. The third kappa shape index (κ3) is 4.23. The zero-order valence-electron chi connectivity index (χ0n) is 10.0. The van der Waals surface area contributed by atoms with E-state index in [-0.39, 0.29) is 11.5 Å². The van der Waals surface area contributed by atoms with Crippen molar-refractivity contribution in [1.29, 1.82) is 0 Å². The second-order valence-corrected chi connectivity index (χ2v) is 5.71. The monoisotopic (exact) mass is 330 g/mol. The van der Waals surface area contributed by atoms with E-state index < -0.39 is 27.4 Å². The maximum atomic E-state index is 12.3. The van der Waals surface area contributed by atoms with Crippen LogP contribution in [0.4, 0.5) is 13.2 Å². The summed E-state index contributed by atoms with van der Waals surface area (Å²) in [6.07, 6.45) is 0.554. The van der Waals surface area contributed by atoms with E-state index in [1.165, 1.54) is 24.4 Å². The van der Waals surface area contributed by atoms with Crippen molar-refractivity contribution < 1.29 is 35.3 Å². The summed E-state index contributed by atoms with van der Waals surface area (Å²) in [7, 11) is -5.85. The lowest BCUT2D eigenvalue weighted by molar-refractivity contribution is -0.137. The molecule has 0 spiro atoms. The van der Waals surface area contributed by atoms with Gasteiger partial charge in [-0.2, -0.15) is 21.6 Å². The Balaban J connectivity index is 3.12. The summed E-state index contributed by atoms with van der Waals surface area (Å²) in [6.45, 7) is 1.48. The van der Waals surface area contributed by atoms with E-state index in [1.807, 2.05) is 0 Å². The van der Waals surface area contributed by atoms with Crippen molar-refractivity contribution in [1.82, 2.24) is 0 Å². The molecule has 1 aromatic rings. The standard InChI is InChI=1S/C10H9F3O5S2/c1-2-17-9(14)6-7(8-4-3-5-19-8)18-20(15,16)10(11,12)13/h3-6H,2H2,1H3/b7-6-. The van der Waals surface area contributed by atoms with Gasteiger partial charge in [-0.25, -0.2) is 4.79 Å². The predicted molar refractivity (Wildman–Crippen MR) is 65.0 cm³/mol. The molecule has 10 heteroatoms. The highest BCUT2D eigenvalue weighted by atomic mass is 32.2. The molecule has 0 saturated carbocycles. The Kier molecular flexibility index (Phi) is 5.17. The lowest BCUT2D eigenvalue weighted by Crippen LogP contribution is -2.25. The van der Waals surface area contributed by atoms with Gasteiger partial charge in [-0.05, 0) is 18.4 Å². The Labute approximate surface area is 116 Å². The van der Waals surface area contributed by atoms with Crippen LogP contribution >= 0.6 is 11.3 Å². The van der Waals surface area contributed by atoms with E-state index in [4.69, 9.17) is 0 Å². The third-order valence-corrected chi connectivity index (χ3v) is 3.63. The van der Waals surface area contributed by atoms with E-state index in [0.717, 1.165) is 11.3 Å². The number of thiophene rings is 1. The minimum Gasteiger partial charge on any atom is -0.463 e. The van der Waals surface area contributed by atoms with Crippen LogP contribution < -0.4 is 0 Å². The van der Waals surface area contributed by atoms with Crippen molar-refractivity contribution in [3.05, 3.63) is 28.5 Å². The van der Waals surface area contributed by atoms with Crippen LogP contribution in [0.3, 0.4) is 0 Å². The lowest BCUT2D eigenvalue weighted by Gasteiger charge is -2.11. The molecule has 20 heavy (non-hydrogen) atoms. The Bertz CT molecular complexity index is 587. The minimum absolute atomic E-state index is 0.0148. The molecule has 0 aliphatic rings. The maximum absolute atomic E-state index is 12.3. The number of alkyl halides is 3. The second-order valence-electron chi connectivity index (χ2n) is 3.22. The first-order valence-corrected chi connectivity index (χ1v) is 7.39. The van der Waals surface area contributed by atoms with Gasteiger partial charge in [0.05, 0.1) is 17.6 Å². The van der Waals surface area contributed by atoms with E-state index in [1.54, 1.807) is 0 Å². The Morgan fingerprint density at radius 1 is 1.45 bits per heavy atom. The first-order valence-electron chi connectivity index (χ1n) is 5.10. The molecule has 0 aromatic carbocycles. The Hall–Kier alpha value is -1.55. The highest BCUT2D eigenvalue weighted by Crippen LogP contribution is 2.31. The summed E-state index contributed by atoms with van der Waals surface area (Å²) in [5.74, 6) is -1.75. The molecule has 1 rings (SSSR count). The van der Waals surface area contributed by atoms with Crippen LogP contribution in [0.5, 0.6) is 0 Å². The molecular weight excluding hydrogens is 321 g/mol. The number of hydrogen-bond donors (Lipinski definition) is 0. The molecule has 1 aromatic heterocycles. The van der Waals surface area contributed by atoms with E-state index >= 15 is 0 Å². The third-order valence-electron chi connectivity index (χ3n) is 1.78. The summed E-state index contributed by atoms with van der Waals surface area (Å²) in [6, 6.07) is 2.77. The molecule has 0 saturated heterocycles. The molecule has 0 atom stereocenters. The summed E-state index contributed by atoms with van der Waals surface area (Å²) in [5.41, 5.74) is -5.59. The summed E-state index contributed by atoms with van der Waals surface area (Å²) in [5, 5.41) is 1.48. The highest BCUT2D eigenvalue weighted by molar-refractivity contribution is 7.87. The van der Waals surface area contributed by atoms with Crippen molar-refractivity contribution in [3.63, 3.8) is 0 Å². The minimum atomic E-state index is -5.85. The molecule has 0 bridgehead atoms. The quantitative estimate of drug-likeness (QED) is 0.273. The van der Waals surface area contributed by atoms with Gasteiger partial charge >= 0.3 is 21.6 Å². The van der Waals surface area contributed by atoms with Gasteiger partial charge in [-0.3, -0.25) is 0 Å². The zero-order chi connectivity index (χ0) is 15.4. The Morgan fingerprint density at radius 3 is 2.55 bits per heavy atom. The van der Waals surface area contributed by atoms with Crippen molar-refractivity contribution in [2.45, 2.75) is 12.4 Å². The van der Waals surface area contributed by atoms with Crippen LogP contribution in [0.1, 0.15) is 11.8 Å². The first kappa shape index (κ1) is 16.5. The summed E-state index contributed by atoms with van der Waals surface area (Å²) < 4.78 is 67.2. The van der Waals surface area contributed by atoms with Crippen molar-refractivity contribution in [3.8, 4) is 0 Å². The number of ether oxygens (including phenoxy) is 1. The lowest BCUT2D eigenvalue weighted by atomic mass is 10.3. The average molecular weight is 330 g/mol. The fourth-order valence-corrected chi connectivity index (χ4v) is 2.21. The van der Waals surface area contributed by atoms with Crippen LogP contribution in [0.15, 0.2) is 23.6 Å². The average Bonchev–Trinajstić information content (AvgIpc) is 2.79. The smallest absolute Gasteiger partial charge is 0.463 e. The molecule has 5 nitrogen and oxygen atoms in total. The van der Waals surface area contributed by atoms with Gasteiger partial charge in [0.1, 0.15) is 0 Å². The fourth-order valence-electron chi connectivity index (χ4n) is 1.01. The largest absolute Gasteiger partial charge is 0.534 e. The maximum Gasteiger partial charge on any atom is 0.534 e. The number of halogens is 3. The van der Waals surface area contributed by atoms with Crippen molar-refractivity contribution in [2.24, 2.45) is 0 Å². The Morgan fingerprint density at radius 2 is 2.10 bits per heavy atom. The van der Waals surface area contributed by atoms with Gasteiger partial charge in [0.25, 0.3) is 0 Å². The molecule has 0 aliphatic carbocycles. The van der Waals surface area contributed by atoms with Crippen LogP contribution in [-0.4, -0.2) is 26.5 Å². The molecule has 0 radical (unpaired) electrons. The van der Waals surface area contributed by atoms with Gasteiger partial charge in [-0.1, -0.05) is 6.07 Å². The van der Waals surface area contributed by atoms with Gasteiger partial charge in [-0.15, -0.1) is 11.3 Å². The van der Waals surface area contributed by atoms with Crippen LogP contribution in [0.2, 0.25) is 0 Å². The fraction of sp³-hybridized carbons (Fsp3) is 0.300. The molecule has 0 N–H and O–H groups in total. The van der Waals surface area contributed by atoms with Crippen LogP contribution in [0.25, 0.3) is 5.76 Å². The number of carbonyl (C=O) groups excluding carboxylic acids is 1. The van der Waals surface area contributed by atoms with E-state index in [0.29, 0.717) is 6.08 Å². The van der Waals surface area contributed by atoms with Crippen LogP contribution in [0, 0.1) is 0 Å². The van der Waals surface area contributed by atoms with Gasteiger partial charge in [0, 0.05) is 0 Å². The summed E-state index contributed by atoms with van der Waals surface area (Å²) in [4.78, 5) is 11.3. The van der Waals surface area contributed by atoms with E-state index in [2.05, 4.69) is 8.92 Å². The zero-order valence-corrected chi connectivity index (χ0v) is 11.6. The van der Waals surface area contributed by atoms with Gasteiger partial charge in [0.15, 0.2) is 5.76 Å². The SMILES string of the molecule is CCOC(=O)/C=C(\OS(=O)(=O)C(F)(F)F)c1cccs1. The number of carbonyl (C=O) groups is 1. The van der Waals surface area contributed by atoms with Gasteiger partial charge in [0.2, 0.25) is 0 Å². The predicted octanol–water partition coefficient (Wildman–Crippen LogP) is 2.52. The molecule has 0 aliphatic heterocycles. The molecule has 0 amide bonds. The second kappa shape index (κ2) is 6.27. The van der Waals surface area contributed by atoms with Crippen molar-refractivity contribution >= 4 is 33.2 Å².